The topological polar surface area (TPSA) is 86.5 Å². The van der Waals surface area contributed by atoms with Gasteiger partial charge in [0.15, 0.2) is 11.6 Å². The molecule has 0 saturated carbocycles. The molecule has 23 heavy (non-hydrogen) atoms. The van der Waals surface area contributed by atoms with Gasteiger partial charge in [-0.15, -0.1) is 0 Å². The van der Waals surface area contributed by atoms with Gasteiger partial charge in [-0.05, 0) is 32.0 Å². The largest absolute Gasteiger partial charge is 0.485 e. The van der Waals surface area contributed by atoms with E-state index in [4.69, 9.17) is 26.2 Å². The molecule has 0 spiro atoms. The van der Waals surface area contributed by atoms with Gasteiger partial charge >= 0.3 is 5.97 Å². The number of nitrogens with zero attached hydrogens (tertiary/aromatic N) is 3. The number of ether oxygens (including phenoxy) is 2. The molecule has 0 aliphatic heterocycles. The monoisotopic (exact) mass is 339 g/mol. The quantitative estimate of drug-likeness (QED) is 0.795. The van der Waals surface area contributed by atoms with E-state index in [9.17, 15) is 4.79 Å². The molecule has 0 saturated heterocycles. The average Bonchev–Trinajstić information content (AvgIpc) is 2.84. The summed E-state index contributed by atoms with van der Waals surface area (Å²) in [7, 11) is 0. The Labute approximate surface area is 138 Å². The molecule has 0 fully saturated rings. The lowest BCUT2D eigenvalue weighted by atomic mass is 10.3. The zero-order chi connectivity index (χ0) is 16.8. The third kappa shape index (κ3) is 5.54. The van der Waals surface area contributed by atoms with E-state index in [1.165, 1.54) is 4.68 Å². The summed E-state index contributed by atoms with van der Waals surface area (Å²) in [6.07, 6.45) is 0.0103. The zero-order valence-corrected chi connectivity index (χ0v) is 13.7. The van der Waals surface area contributed by atoms with Crippen molar-refractivity contribution in [1.29, 1.82) is 0 Å². The summed E-state index contributed by atoms with van der Waals surface area (Å²) in [5.41, 5.74) is 0. The molecule has 7 nitrogen and oxygen atoms in total. The van der Waals surface area contributed by atoms with Crippen molar-refractivity contribution in [2.24, 2.45) is 0 Å². The molecule has 0 amide bonds. The maximum atomic E-state index is 10.9. The first-order valence-electron chi connectivity index (χ1n) is 7.08. The molecule has 0 aliphatic carbocycles. The summed E-state index contributed by atoms with van der Waals surface area (Å²) in [6, 6.07) is 6.97. The molecule has 2 rings (SSSR count). The Bertz CT molecular complexity index is 672. The summed E-state index contributed by atoms with van der Waals surface area (Å²) in [5, 5.41) is 13.7. The molecule has 1 heterocycles. The second-order valence-electron chi connectivity index (χ2n) is 5.10. The zero-order valence-electron chi connectivity index (χ0n) is 12.9. The van der Waals surface area contributed by atoms with Crippen LogP contribution in [0.3, 0.4) is 0 Å². The van der Waals surface area contributed by atoms with Crippen LogP contribution in [-0.2, 0) is 29.3 Å². The van der Waals surface area contributed by atoms with Crippen LogP contribution in [0.5, 0.6) is 5.75 Å². The van der Waals surface area contributed by atoms with E-state index >= 15 is 0 Å². The molecule has 1 aromatic carbocycles. The first-order chi connectivity index (χ1) is 10.9. The molecule has 2 aromatic rings. The van der Waals surface area contributed by atoms with E-state index in [1.54, 1.807) is 24.3 Å². The van der Waals surface area contributed by atoms with Crippen LogP contribution in [0.2, 0.25) is 5.02 Å². The van der Waals surface area contributed by atoms with Gasteiger partial charge in [-0.3, -0.25) is 4.79 Å². The van der Waals surface area contributed by atoms with Crippen LogP contribution in [-0.4, -0.2) is 31.9 Å². The van der Waals surface area contributed by atoms with Gasteiger partial charge in [0.2, 0.25) is 0 Å². The normalized spacial score (nSPS) is 11.0. The molecule has 0 unspecified atom stereocenters. The van der Waals surface area contributed by atoms with Crippen LogP contribution in [0.25, 0.3) is 0 Å². The van der Waals surface area contributed by atoms with Gasteiger partial charge in [0.25, 0.3) is 0 Å². The minimum absolute atomic E-state index is 0.0103. The van der Waals surface area contributed by atoms with Crippen LogP contribution in [0.15, 0.2) is 24.3 Å². The molecule has 0 radical (unpaired) electrons. The van der Waals surface area contributed by atoms with Gasteiger partial charge < -0.3 is 14.6 Å². The first kappa shape index (κ1) is 17.2. The Morgan fingerprint density at radius 2 is 2.17 bits per heavy atom. The lowest BCUT2D eigenvalue weighted by Crippen LogP contribution is -2.15. The highest BCUT2D eigenvalue weighted by molar-refractivity contribution is 6.30. The van der Waals surface area contributed by atoms with Crippen LogP contribution >= 0.6 is 11.6 Å². The summed E-state index contributed by atoms with van der Waals surface area (Å²) >= 11 is 5.89. The summed E-state index contributed by atoms with van der Waals surface area (Å²) in [5.74, 6) is 0.425. The number of carbonyl (C=O) groups is 1. The Morgan fingerprint density at radius 3 is 2.83 bits per heavy atom. The van der Waals surface area contributed by atoms with Crippen molar-refractivity contribution < 1.29 is 19.4 Å². The van der Waals surface area contributed by atoms with Crippen LogP contribution in [0.1, 0.15) is 25.5 Å². The SMILES string of the molecule is CC(C)OCc1nc(COc2cccc(Cl)c2)nn1CC(=O)O. The van der Waals surface area contributed by atoms with E-state index in [1.807, 2.05) is 13.8 Å². The predicted octanol–water partition coefficient (Wildman–Crippen LogP) is 2.52. The maximum Gasteiger partial charge on any atom is 0.325 e. The van der Waals surface area contributed by atoms with Crippen molar-refractivity contribution >= 4 is 17.6 Å². The Kier molecular flexibility index (Phi) is 5.95. The number of benzene rings is 1. The van der Waals surface area contributed by atoms with E-state index in [0.717, 1.165) is 0 Å². The number of aliphatic carboxylic acids is 1. The molecule has 0 bridgehead atoms. The summed E-state index contributed by atoms with van der Waals surface area (Å²) in [6.45, 7) is 3.81. The van der Waals surface area contributed by atoms with E-state index in [2.05, 4.69) is 10.1 Å². The van der Waals surface area contributed by atoms with Crippen molar-refractivity contribution in [1.82, 2.24) is 14.8 Å². The number of rotatable bonds is 8. The van der Waals surface area contributed by atoms with Gasteiger partial charge in [-0.2, -0.15) is 5.10 Å². The second kappa shape index (κ2) is 7.94. The van der Waals surface area contributed by atoms with Crippen molar-refractivity contribution in [3.8, 4) is 5.75 Å². The lowest BCUT2D eigenvalue weighted by Gasteiger charge is -2.07. The molecule has 0 atom stereocenters. The molecule has 124 valence electrons. The average molecular weight is 340 g/mol. The van der Waals surface area contributed by atoms with E-state index in [-0.39, 0.29) is 25.9 Å². The van der Waals surface area contributed by atoms with E-state index in [0.29, 0.717) is 22.4 Å². The Balaban J connectivity index is 2.07. The van der Waals surface area contributed by atoms with Crippen LogP contribution in [0, 0.1) is 0 Å². The third-order valence-electron chi connectivity index (χ3n) is 2.79. The molecule has 8 heteroatoms. The van der Waals surface area contributed by atoms with Gasteiger partial charge in [-0.25, -0.2) is 9.67 Å². The second-order valence-corrected chi connectivity index (χ2v) is 5.54. The highest BCUT2D eigenvalue weighted by Gasteiger charge is 2.14. The van der Waals surface area contributed by atoms with Gasteiger partial charge in [0.05, 0.1) is 6.10 Å². The van der Waals surface area contributed by atoms with Crippen molar-refractivity contribution in [3.63, 3.8) is 0 Å². The standard InChI is InChI=1S/C15H18ClN3O4/c1-10(2)22-9-14-17-13(18-19(14)7-15(20)21)8-23-12-5-3-4-11(16)6-12/h3-6,10H,7-9H2,1-2H3,(H,20,21). The fourth-order valence-corrected chi connectivity index (χ4v) is 1.97. The molecular formula is C15H18ClN3O4. The Hall–Kier alpha value is -2.12. The number of carboxylic acid groups (broad SMARTS) is 1. The molecular weight excluding hydrogens is 322 g/mol. The van der Waals surface area contributed by atoms with Gasteiger partial charge in [0, 0.05) is 5.02 Å². The summed E-state index contributed by atoms with van der Waals surface area (Å²) in [4.78, 5) is 15.2. The fourth-order valence-electron chi connectivity index (χ4n) is 1.79. The van der Waals surface area contributed by atoms with Gasteiger partial charge in [0.1, 0.15) is 25.5 Å². The lowest BCUT2D eigenvalue weighted by molar-refractivity contribution is -0.138. The molecule has 1 N–H and O–H groups in total. The molecule has 0 aliphatic rings. The number of aromatic nitrogens is 3. The minimum Gasteiger partial charge on any atom is -0.485 e. The molecule has 1 aromatic heterocycles. The number of hydrogen-bond acceptors (Lipinski definition) is 5. The summed E-state index contributed by atoms with van der Waals surface area (Å²) < 4.78 is 12.3. The highest BCUT2D eigenvalue weighted by Crippen LogP contribution is 2.18. The minimum atomic E-state index is -0.997. The first-order valence-corrected chi connectivity index (χ1v) is 7.46. The smallest absolute Gasteiger partial charge is 0.325 e. The van der Waals surface area contributed by atoms with Gasteiger partial charge in [-0.1, -0.05) is 17.7 Å². The van der Waals surface area contributed by atoms with Crippen molar-refractivity contribution in [2.45, 2.75) is 39.7 Å². The third-order valence-corrected chi connectivity index (χ3v) is 3.02. The number of halogens is 1. The van der Waals surface area contributed by atoms with Crippen LogP contribution in [0.4, 0.5) is 0 Å². The number of carboxylic acids is 1. The predicted molar refractivity (Wildman–Crippen MR) is 83.4 cm³/mol. The Morgan fingerprint density at radius 1 is 1.39 bits per heavy atom. The van der Waals surface area contributed by atoms with Crippen molar-refractivity contribution in [3.05, 3.63) is 40.9 Å². The maximum absolute atomic E-state index is 10.9. The fraction of sp³-hybridized carbons (Fsp3) is 0.400. The van der Waals surface area contributed by atoms with Crippen molar-refractivity contribution in [2.75, 3.05) is 0 Å². The number of hydrogen-bond donors (Lipinski definition) is 1. The van der Waals surface area contributed by atoms with E-state index < -0.39 is 5.97 Å². The van der Waals surface area contributed by atoms with Crippen LogP contribution < -0.4 is 4.74 Å². The highest BCUT2D eigenvalue weighted by atomic mass is 35.5.